The second-order valence-electron chi connectivity index (χ2n) is 6.15. The summed E-state index contributed by atoms with van der Waals surface area (Å²) < 4.78 is 0. The molecule has 0 spiro atoms. The molecule has 1 saturated heterocycles. The number of nitrogens with zero attached hydrogens (tertiary/aromatic N) is 2. The molecule has 1 N–H and O–H groups in total. The van der Waals surface area contributed by atoms with Crippen LogP contribution in [0.3, 0.4) is 0 Å². The molecule has 2 rings (SSSR count). The summed E-state index contributed by atoms with van der Waals surface area (Å²) in [6.45, 7) is 4.42. The molecule has 0 aromatic heterocycles. The first-order chi connectivity index (χ1) is 10.8. The minimum absolute atomic E-state index is 0.171. The first-order valence-electron chi connectivity index (χ1n) is 8.51. The van der Waals surface area contributed by atoms with Gasteiger partial charge < -0.3 is 10.2 Å². The molecule has 1 fully saturated rings. The summed E-state index contributed by atoms with van der Waals surface area (Å²) in [6.07, 6.45) is 6.05. The highest BCUT2D eigenvalue weighted by Crippen LogP contribution is 2.11. The van der Waals surface area contributed by atoms with Gasteiger partial charge in [-0.2, -0.15) is 0 Å². The maximum atomic E-state index is 12.0. The van der Waals surface area contributed by atoms with Crippen LogP contribution < -0.4 is 10.2 Å². The maximum absolute atomic E-state index is 12.0. The van der Waals surface area contributed by atoms with Crippen molar-refractivity contribution in [2.24, 2.45) is 0 Å². The number of anilines is 1. The van der Waals surface area contributed by atoms with Crippen molar-refractivity contribution in [1.82, 2.24) is 10.2 Å². The van der Waals surface area contributed by atoms with Crippen molar-refractivity contribution in [1.29, 1.82) is 0 Å². The second-order valence-corrected chi connectivity index (χ2v) is 6.15. The Kier molecular flexibility index (Phi) is 7.23. The average Bonchev–Trinajstić information content (AvgIpc) is 2.81. The number of carbonyl (C=O) groups excluding carboxylic acids is 1. The summed E-state index contributed by atoms with van der Waals surface area (Å²) >= 11 is 0. The van der Waals surface area contributed by atoms with Crippen LogP contribution in [0, 0.1) is 0 Å². The van der Waals surface area contributed by atoms with E-state index in [4.69, 9.17) is 0 Å². The molecule has 1 heterocycles. The molecular formula is C18H29N3O. The van der Waals surface area contributed by atoms with E-state index in [0.29, 0.717) is 6.54 Å². The maximum Gasteiger partial charge on any atom is 0.234 e. The monoisotopic (exact) mass is 303 g/mol. The number of para-hydroxylation sites is 1. The highest BCUT2D eigenvalue weighted by atomic mass is 16.2. The third-order valence-corrected chi connectivity index (χ3v) is 4.26. The van der Waals surface area contributed by atoms with Crippen LogP contribution in [0.2, 0.25) is 0 Å². The van der Waals surface area contributed by atoms with E-state index in [-0.39, 0.29) is 5.91 Å². The third-order valence-electron chi connectivity index (χ3n) is 4.26. The molecule has 122 valence electrons. The molecule has 0 unspecified atom stereocenters. The van der Waals surface area contributed by atoms with Crippen LogP contribution in [0.25, 0.3) is 0 Å². The Hall–Kier alpha value is -1.55. The number of benzene rings is 1. The Labute approximate surface area is 134 Å². The van der Waals surface area contributed by atoms with E-state index in [1.807, 2.05) is 6.07 Å². The van der Waals surface area contributed by atoms with Gasteiger partial charge in [0, 0.05) is 25.8 Å². The number of hydrogen-bond acceptors (Lipinski definition) is 3. The zero-order valence-corrected chi connectivity index (χ0v) is 13.8. The normalized spacial score (nSPS) is 16.0. The van der Waals surface area contributed by atoms with Gasteiger partial charge >= 0.3 is 0 Å². The molecule has 1 aliphatic rings. The van der Waals surface area contributed by atoms with Crippen molar-refractivity contribution in [3.63, 3.8) is 0 Å². The van der Waals surface area contributed by atoms with Crippen LogP contribution >= 0.6 is 0 Å². The molecule has 0 atom stereocenters. The van der Waals surface area contributed by atoms with E-state index < -0.39 is 0 Å². The topological polar surface area (TPSA) is 35.6 Å². The predicted molar refractivity (Wildman–Crippen MR) is 92.2 cm³/mol. The standard InChI is InChI=1S/C18H29N3O/c1-20(17-10-5-4-6-11-17)13-9-12-19-18(22)16-21-14-7-2-3-8-15-21/h4-6,10-11H,2-3,7-9,12-16H2,1H3,(H,19,22). The largest absolute Gasteiger partial charge is 0.375 e. The molecule has 1 aliphatic heterocycles. The predicted octanol–water partition coefficient (Wildman–Crippen LogP) is 2.51. The van der Waals surface area contributed by atoms with Crippen molar-refractivity contribution < 1.29 is 4.79 Å². The first kappa shape index (κ1) is 16.8. The van der Waals surface area contributed by atoms with Crippen molar-refractivity contribution in [3.05, 3.63) is 30.3 Å². The molecule has 22 heavy (non-hydrogen) atoms. The summed E-state index contributed by atoms with van der Waals surface area (Å²) in [7, 11) is 2.09. The van der Waals surface area contributed by atoms with Crippen molar-refractivity contribution in [2.45, 2.75) is 32.1 Å². The number of amides is 1. The summed E-state index contributed by atoms with van der Waals surface area (Å²) in [5, 5.41) is 3.05. The zero-order valence-electron chi connectivity index (χ0n) is 13.8. The zero-order chi connectivity index (χ0) is 15.6. The summed E-state index contributed by atoms with van der Waals surface area (Å²) in [4.78, 5) is 16.5. The lowest BCUT2D eigenvalue weighted by Gasteiger charge is -2.20. The third kappa shape index (κ3) is 6.06. The highest BCUT2D eigenvalue weighted by Gasteiger charge is 2.12. The smallest absolute Gasteiger partial charge is 0.234 e. The molecular weight excluding hydrogens is 274 g/mol. The van der Waals surface area contributed by atoms with Crippen LogP contribution in [0.5, 0.6) is 0 Å². The van der Waals surface area contributed by atoms with E-state index in [1.165, 1.54) is 31.4 Å². The van der Waals surface area contributed by atoms with Gasteiger partial charge in [0.2, 0.25) is 5.91 Å². The van der Waals surface area contributed by atoms with E-state index in [1.54, 1.807) is 0 Å². The quantitative estimate of drug-likeness (QED) is 0.786. The molecule has 1 aromatic rings. The van der Waals surface area contributed by atoms with Gasteiger partial charge in [-0.15, -0.1) is 0 Å². The van der Waals surface area contributed by atoms with E-state index in [9.17, 15) is 4.79 Å². The van der Waals surface area contributed by atoms with Gasteiger partial charge in [-0.25, -0.2) is 0 Å². The Morgan fingerprint density at radius 3 is 2.50 bits per heavy atom. The summed E-state index contributed by atoms with van der Waals surface area (Å²) in [5.74, 6) is 0.171. The Morgan fingerprint density at radius 2 is 1.82 bits per heavy atom. The lowest BCUT2D eigenvalue weighted by molar-refractivity contribution is -0.122. The molecule has 1 aromatic carbocycles. The molecule has 4 heteroatoms. The Balaban J connectivity index is 1.58. The number of carbonyl (C=O) groups is 1. The molecule has 4 nitrogen and oxygen atoms in total. The fraction of sp³-hybridized carbons (Fsp3) is 0.611. The highest BCUT2D eigenvalue weighted by molar-refractivity contribution is 5.77. The van der Waals surface area contributed by atoms with Crippen molar-refractivity contribution >= 4 is 11.6 Å². The van der Waals surface area contributed by atoms with Gasteiger partial charge in [0.05, 0.1) is 6.54 Å². The molecule has 0 bridgehead atoms. The second kappa shape index (κ2) is 9.46. The van der Waals surface area contributed by atoms with Gasteiger partial charge in [-0.1, -0.05) is 31.0 Å². The van der Waals surface area contributed by atoms with E-state index >= 15 is 0 Å². The Morgan fingerprint density at radius 1 is 1.14 bits per heavy atom. The minimum Gasteiger partial charge on any atom is -0.375 e. The van der Waals surface area contributed by atoms with Gasteiger partial charge in [0.15, 0.2) is 0 Å². The summed E-state index contributed by atoms with van der Waals surface area (Å²) in [6, 6.07) is 10.3. The van der Waals surface area contributed by atoms with Crippen LogP contribution in [0.1, 0.15) is 32.1 Å². The fourth-order valence-corrected chi connectivity index (χ4v) is 2.91. The van der Waals surface area contributed by atoms with Crippen LogP contribution in [-0.2, 0) is 4.79 Å². The number of rotatable bonds is 7. The molecule has 0 saturated carbocycles. The SMILES string of the molecule is CN(CCCNC(=O)CN1CCCCCC1)c1ccccc1. The molecule has 0 aliphatic carbocycles. The van der Waals surface area contributed by atoms with Gasteiger partial charge in [0.1, 0.15) is 0 Å². The average molecular weight is 303 g/mol. The van der Waals surface area contributed by atoms with Crippen molar-refractivity contribution in [3.8, 4) is 0 Å². The van der Waals surface area contributed by atoms with Crippen LogP contribution in [-0.4, -0.2) is 50.6 Å². The van der Waals surface area contributed by atoms with E-state index in [2.05, 4.69) is 46.4 Å². The lowest BCUT2D eigenvalue weighted by Crippen LogP contribution is -2.38. The number of hydrogen-bond donors (Lipinski definition) is 1. The minimum atomic E-state index is 0.171. The van der Waals surface area contributed by atoms with Gasteiger partial charge in [0.25, 0.3) is 0 Å². The molecule has 0 radical (unpaired) electrons. The number of nitrogens with one attached hydrogen (secondary N) is 1. The lowest BCUT2D eigenvalue weighted by atomic mass is 10.2. The molecule has 1 amide bonds. The van der Waals surface area contributed by atoms with Gasteiger partial charge in [-0.3, -0.25) is 9.69 Å². The van der Waals surface area contributed by atoms with Crippen LogP contribution in [0.15, 0.2) is 30.3 Å². The Bertz CT molecular complexity index is 427. The number of likely N-dealkylation sites (tertiary alicyclic amines) is 1. The van der Waals surface area contributed by atoms with Crippen LogP contribution in [0.4, 0.5) is 5.69 Å². The fourth-order valence-electron chi connectivity index (χ4n) is 2.91. The van der Waals surface area contributed by atoms with Gasteiger partial charge in [-0.05, 0) is 44.5 Å². The first-order valence-corrected chi connectivity index (χ1v) is 8.51. The summed E-state index contributed by atoms with van der Waals surface area (Å²) in [5.41, 5.74) is 1.22. The van der Waals surface area contributed by atoms with E-state index in [0.717, 1.165) is 32.6 Å². The van der Waals surface area contributed by atoms with Crippen molar-refractivity contribution in [2.75, 3.05) is 44.7 Å².